The first-order chi connectivity index (χ1) is 9.60. The summed E-state index contributed by atoms with van der Waals surface area (Å²) in [5.74, 6) is 1.10. The van der Waals surface area contributed by atoms with Crippen LogP contribution in [0.2, 0.25) is 0 Å². The molecule has 2 N–H and O–H groups in total. The van der Waals surface area contributed by atoms with Gasteiger partial charge in [-0.3, -0.25) is 0 Å². The zero-order chi connectivity index (χ0) is 14.5. The van der Waals surface area contributed by atoms with Gasteiger partial charge in [0, 0.05) is 0 Å². The normalized spacial score (nSPS) is 22.3. The number of carbonyl (C=O) groups is 1. The third-order valence-corrected chi connectivity index (χ3v) is 3.78. The molecule has 0 saturated heterocycles. The molecule has 0 aliphatic heterocycles. The Balaban J connectivity index is 2.00. The van der Waals surface area contributed by atoms with Crippen LogP contribution in [0.15, 0.2) is 18.2 Å². The van der Waals surface area contributed by atoms with Crippen LogP contribution in [0.3, 0.4) is 0 Å². The first-order valence-corrected chi connectivity index (χ1v) is 7.33. The van der Waals surface area contributed by atoms with E-state index in [1.54, 1.807) is 25.1 Å². The molecule has 1 fully saturated rings. The molecular weight excluding hydrogens is 254 g/mol. The van der Waals surface area contributed by atoms with Crippen LogP contribution in [0.1, 0.15) is 49.9 Å². The minimum atomic E-state index is -0.350. The van der Waals surface area contributed by atoms with Crippen LogP contribution < -0.4 is 10.5 Å². The van der Waals surface area contributed by atoms with Crippen molar-refractivity contribution in [3.63, 3.8) is 0 Å². The van der Waals surface area contributed by atoms with Crippen LogP contribution in [0.4, 0.5) is 5.69 Å². The number of nitrogen functional groups attached to an aromatic ring is 1. The Labute approximate surface area is 120 Å². The lowest BCUT2D eigenvalue weighted by Crippen LogP contribution is -2.23. The summed E-state index contributed by atoms with van der Waals surface area (Å²) in [7, 11) is 0. The van der Waals surface area contributed by atoms with Gasteiger partial charge in [-0.15, -0.1) is 0 Å². The number of rotatable bonds is 4. The molecule has 1 aliphatic carbocycles. The Hall–Kier alpha value is -1.71. The van der Waals surface area contributed by atoms with Gasteiger partial charge < -0.3 is 15.2 Å². The standard InChI is InChI=1S/C16H23NO3/c1-3-19-16(18)12-6-9-15(14(17)10-12)20-13-7-4-11(2)5-8-13/h6,9-11,13H,3-5,7-8,17H2,1-2H3. The highest BCUT2D eigenvalue weighted by Gasteiger charge is 2.20. The fourth-order valence-corrected chi connectivity index (χ4v) is 2.52. The van der Waals surface area contributed by atoms with Crippen molar-refractivity contribution in [2.75, 3.05) is 12.3 Å². The van der Waals surface area contributed by atoms with E-state index in [4.69, 9.17) is 15.2 Å². The minimum absolute atomic E-state index is 0.238. The average Bonchev–Trinajstić information content (AvgIpc) is 2.43. The van der Waals surface area contributed by atoms with Gasteiger partial charge in [0.1, 0.15) is 5.75 Å². The van der Waals surface area contributed by atoms with Crippen molar-refractivity contribution in [3.8, 4) is 5.75 Å². The fourth-order valence-electron chi connectivity index (χ4n) is 2.52. The fraction of sp³-hybridized carbons (Fsp3) is 0.562. The lowest BCUT2D eigenvalue weighted by atomic mass is 9.89. The topological polar surface area (TPSA) is 61.5 Å². The Morgan fingerprint density at radius 1 is 1.30 bits per heavy atom. The molecule has 110 valence electrons. The molecule has 20 heavy (non-hydrogen) atoms. The van der Waals surface area contributed by atoms with Crippen LogP contribution in [-0.4, -0.2) is 18.7 Å². The van der Waals surface area contributed by atoms with Gasteiger partial charge >= 0.3 is 5.97 Å². The lowest BCUT2D eigenvalue weighted by Gasteiger charge is -2.27. The van der Waals surface area contributed by atoms with E-state index in [-0.39, 0.29) is 12.1 Å². The third-order valence-electron chi connectivity index (χ3n) is 3.78. The molecule has 1 saturated carbocycles. The van der Waals surface area contributed by atoms with Crippen molar-refractivity contribution in [1.82, 2.24) is 0 Å². The number of carbonyl (C=O) groups excluding carboxylic acids is 1. The highest BCUT2D eigenvalue weighted by Crippen LogP contribution is 2.30. The second-order valence-electron chi connectivity index (χ2n) is 5.47. The zero-order valence-corrected chi connectivity index (χ0v) is 12.2. The average molecular weight is 277 g/mol. The molecule has 0 amide bonds. The number of ether oxygens (including phenoxy) is 2. The maximum Gasteiger partial charge on any atom is 0.338 e. The Morgan fingerprint density at radius 2 is 2.00 bits per heavy atom. The smallest absolute Gasteiger partial charge is 0.338 e. The van der Waals surface area contributed by atoms with Gasteiger partial charge in [0.05, 0.1) is 24.0 Å². The summed E-state index contributed by atoms with van der Waals surface area (Å²) >= 11 is 0. The highest BCUT2D eigenvalue weighted by atomic mass is 16.5. The van der Waals surface area contributed by atoms with E-state index < -0.39 is 0 Å². The first-order valence-electron chi connectivity index (χ1n) is 7.33. The SMILES string of the molecule is CCOC(=O)c1ccc(OC2CCC(C)CC2)c(N)c1. The van der Waals surface area contributed by atoms with Crippen LogP contribution in [-0.2, 0) is 4.74 Å². The van der Waals surface area contributed by atoms with E-state index >= 15 is 0 Å². The Bertz CT molecular complexity index is 465. The third kappa shape index (κ3) is 3.65. The van der Waals surface area contributed by atoms with Crippen LogP contribution in [0.25, 0.3) is 0 Å². The molecule has 0 unspecified atom stereocenters. The maximum absolute atomic E-state index is 11.6. The van der Waals surface area contributed by atoms with Crippen LogP contribution in [0, 0.1) is 5.92 Å². The van der Waals surface area contributed by atoms with Gasteiger partial charge in [0.25, 0.3) is 0 Å². The number of nitrogens with two attached hydrogens (primary N) is 1. The summed E-state index contributed by atoms with van der Waals surface area (Å²) in [4.78, 5) is 11.6. The summed E-state index contributed by atoms with van der Waals surface area (Å²) in [6.45, 7) is 4.42. The predicted molar refractivity (Wildman–Crippen MR) is 78.9 cm³/mol. The Morgan fingerprint density at radius 3 is 2.60 bits per heavy atom. The molecular formula is C16H23NO3. The molecule has 0 atom stereocenters. The van der Waals surface area contributed by atoms with E-state index in [2.05, 4.69) is 6.92 Å². The van der Waals surface area contributed by atoms with Crippen molar-refractivity contribution in [1.29, 1.82) is 0 Å². The molecule has 0 aromatic heterocycles. The number of benzene rings is 1. The van der Waals surface area contributed by atoms with Crippen molar-refractivity contribution in [3.05, 3.63) is 23.8 Å². The molecule has 1 aromatic carbocycles. The molecule has 4 heteroatoms. The summed E-state index contributed by atoms with van der Waals surface area (Å²) in [5, 5.41) is 0. The number of hydrogen-bond donors (Lipinski definition) is 1. The highest BCUT2D eigenvalue weighted by molar-refractivity contribution is 5.91. The van der Waals surface area contributed by atoms with Gasteiger partial charge in [-0.05, 0) is 56.7 Å². The number of hydrogen-bond acceptors (Lipinski definition) is 4. The summed E-state index contributed by atoms with van der Waals surface area (Å²) in [6.07, 6.45) is 4.78. The lowest BCUT2D eigenvalue weighted by molar-refractivity contribution is 0.0526. The predicted octanol–water partition coefficient (Wildman–Crippen LogP) is 3.40. The molecule has 0 radical (unpaired) electrons. The molecule has 4 nitrogen and oxygen atoms in total. The van der Waals surface area contributed by atoms with Gasteiger partial charge in [-0.2, -0.15) is 0 Å². The van der Waals surface area contributed by atoms with Crippen LogP contribution >= 0.6 is 0 Å². The molecule has 1 aromatic rings. The molecule has 0 spiro atoms. The van der Waals surface area contributed by atoms with E-state index in [0.717, 1.165) is 18.8 Å². The van der Waals surface area contributed by atoms with Gasteiger partial charge in [0.2, 0.25) is 0 Å². The van der Waals surface area contributed by atoms with Crippen molar-refractivity contribution < 1.29 is 14.3 Å². The van der Waals surface area contributed by atoms with Crippen LogP contribution in [0.5, 0.6) is 5.75 Å². The summed E-state index contributed by atoms with van der Waals surface area (Å²) in [5.41, 5.74) is 6.93. The number of anilines is 1. The van der Waals surface area contributed by atoms with Crippen molar-refractivity contribution >= 4 is 11.7 Å². The second-order valence-corrected chi connectivity index (χ2v) is 5.47. The van der Waals surface area contributed by atoms with Crippen molar-refractivity contribution in [2.45, 2.75) is 45.6 Å². The van der Waals surface area contributed by atoms with E-state index in [0.29, 0.717) is 23.6 Å². The zero-order valence-electron chi connectivity index (χ0n) is 12.2. The van der Waals surface area contributed by atoms with E-state index in [1.165, 1.54) is 12.8 Å². The van der Waals surface area contributed by atoms with Gasteiger partial charge in [-0.25, -0.2) is 4.79 Å². The van der Waals surface area contributed by atoms with Gasteiger partial charge in [0.15, 0.2) is 0 Å². The van der Waals surface area contributed by atoms with Crippen molar-refractivity contribution in [2.24, 2.45) is 5.92 Å². The number of esters is 1. The maximum atomic E-state index is 11.6. The second kappa shape index (κ2) is 6.64. The molecule has 0 bridgehead atoms. The molecule has 1 aliphatic rings. The molecule has 0 heterocycles. The molecule has 2 rings (SSSR count). The largest absolute Gasteiger partial charge is 0.488 e. The Kier molecular flexibility index (Phi) is 4.88. The van der Waals surface area contributed by atoms with Gasteiger partial charge in [-0.1, -0.05) is 6.92 Å². The quantitative estimate of drug-likeness (QED) is 0.676. The van der Waals surface area contributed by atoms with E-state index in [1.807, 2.05) is 0 Å². The summed E-state index contributed by atoms with van der Waals surface area (Å²) < 4.78 is 10.9. The monoisotopic (exact) mass is 277 g/mol. The minimum Gasteiger partial charge on any atom is -0.488 e. The van der Waals surface area contributed by atoms with E-state index in [9.17, 15) is 4.79 Å². The first kappa shape index (κ1) is 14.7. The summed E-state index contributed by atoms with van der Waals surface area (Å²) in [6, 6.07) is 5.09.